The van der Waals surface area contributed by atoms with Crippen LogP contribution in [-0.4, -0.2) is 11.8 Å². The minimum atomic E-state index is -0.985. The number of halogens is 3. The molecule has 1 heterocycles. The van der Waals surface area contributed by atoms with Gasteiger partial charge in [0.15, 0.2) is 5.75 Å². The van der Waals surface area contributed by atoms with Crippen LogP contribution in [-0.2, 0) is 0 Å². The molecule has 1 aliphatic heterocycles. The van der Waals surface area contributed by atoms with Gasteiger partial charge in [-0.3, -0.25) is 9.59 Å². The van der Waals surface area contributed by atoms with E-state index in [0.717, 1.165) is 18.2 Å². The van der Waals surface area contributed by atoms with Crippen molar-refractivity contribution in [1.82, 2.24) is 0 Å². The van der Waals surface area contributed by atoms with Gasteiger partial charge in [-0.05, 0) is 48.5 Å². The molecule has 0 bridgehead atoms. The molecule has 0 aromatic heterocycles. The fourth-order valence-electron chi connectivity index (χ4n) is 2.78. The van der Waals surface area contributed by atoms with Gasteiger partial charge in [0.05, 0.1) is 11.3 Å². The Morgan fingerprint density at radius 2 is 1.71 bits per heavy atom. The molecule has 140 valence electrons. The smallest absolute Gasteiger partial charge is 0.261 e. The van der Waals surface area contributed by atoms with Crippen LogP contribution in [0.2, 0.25) is 5.02 Å². The number of nitrogens with one attached hydrogen (secondary N) is 2. The maximum atomic E-state index is 13.8. The summed E-state index contributed by atoms with van der Waals surface area (Å²) in [5, 5.41) is 5.48. The predicted octanol–water partition coefficient (Wildman–Crippen LogP) is 5.23. The topological polar surface area (TPSA) is 67.4 Å². The summed E-state index contributed by atoms with van der Waals surface area (Å²) in [7, 11) is 0. The first-order valence-corrected chi connectivity index (χ1v) is 8.48. The van der Waals surface area contributed by atoms with Crippen molar-refractivity contribution in [3.63, 3.8) is 0 Å². The summed E-state index contributed by atoms with van der Waals surface area (Å²) in [6.07, 6.45) is 0. The Morgan fingerprint density at radius 1 is 1.00 bits per heavy atom. The van der Waals surface area contributed by atoms with E-state index in [0.29, 0.717) is 16.5 Å². The lowest BCUT2D eigenvalue weighted by atomic mass is 10.1. The Hall–Kier alpha value is -3.45. The van der Waals surface area contributed by atoms with Crippen LogP contribution in [0.3, 0.4) is 0 Å². The molecule has 5 nitrogen and oxygen atoms in total. The number of ether oxygens (including phenoxy) is 1. The predicted molar refractivity (Wildman–Crippen MR) is 100 cm³/mol. The van der Waals surface area contributed by atoms with Gasteiger partial charge < -0.3 is 15.4 Å². The van der Waals surface area contributed by atoms with E-state index < -0.39 is 29.0 Å². The second kappa shape index (κ2) is 6.94. The second-order valence-corrected chi connectivity index (χ2v) is 6.39. The Kier molecular flexibility index (Phi) is 4.44. The van der Waals surface area contributed by atoms with Crippen LogP contribution in [0.25, 0.3) is 0 Å². The van der Waals surface area contributed by atoms with Crippen LogP contribution >= 0.6 is 11.6 Å². The summed E-state index contributed by atoms with van der Waals surface area (Å²) in [4.78, 5) is 24.8. The van der Waals surface area contributed by atoms with Crippen molar-refractivity contribution in [3.8, 4) is 11.5 Å². The lowest BCUT2D eigenvalue weighted by Gasteiger charge is -2.10. The van der Waals surface area contributed by atoms with Gasteiger partial charge in [-0.25, -0.2) is 8.78 Å². The minimum absolute atomic E-state index is 0.138. The van der Waals surface area contributed by atoms with Gasteiger partial charge in [0.25, 0.3) is 11.8 Å². The fourth-order valence-corrected chi connectivity index (χ4v) is 2.95. The molecule has 2 N–H and O–H groups in total. The summed E-state index contributed by atoms with van der Waals surface area (Å²) in [6.45, 7) is 0. The van der Waals surface area contributed by atoms with Crippen LogP contribution in [0.5, 0.6) is 11.5 Å². The van der Waals surface area contributed by atoms with Gasteiger partial charge in [0, 0.05) is 10.7 Å². The number of fused-ring (bicyclic) bond motifs is 2. The number of carbonyl (C=O) groups excluding carboxylic acids is 2. The molecule has 1 aliphatic rings. The number of hydrogen-bond donors (Lipinski definition) is 2. The zero-order chi connectivity index (χ0) is 19.8. The van der Waals surface area contributed by atoms with Gasteiger partial charge >= 0.3 is 0 Å². The molecule has 0 spiro atoms. The average Bonchev–Trinajstić information content (AvgIpc) is 2.77. The quantitative estimate of drug-likeness (QED) is 0.619. The zero-order valence-corrected chi connectivity index (χ0v) is 14.8. The fraction of sp³-hybridized carbons (Fsp3) is 0. The van der Waals surface area contributed by atoms with Gasteiger partial charge in [-0.15, -0.1) is 0 Å². The number of rotatable bonds is 2. The average molecular weight is 401 g/mol. The molecule has 0 saturated heterocycles. The van der Waals surface area contributed by atoms with Crippen molar-refractivity contribution >= 4 is 34.8 Å². The normalized spacial score (nSPS) is 12.2. The van der Waals surface area contributed by atoms with Gasteiger partial charge in [0.2, 0.25) is 0 Å². The highest BCUT2D eigenvalue weighted by molar-refractivity contribution is 6.31. The van der Waals surface area contributed by atoms with Crippen molar-refractivity contribution in [2.24, 2.45) is 0 Å². The molecule has 8 heteroatoms. The Balaban J connectivity index is 1.65. The molecular weight excluding hydrogens is 390 g/mol. The zero-order valence-electron chi connectivity index (χ0n) is 14.1. The second-order valence-electron chi connectivity index (χ2n) is 5.96. The molecular formula is C20H11ClF2N2O3. The Morgan fingerprint density at radius 3 is 2.46 bits per heavy atom. The van der Waals surface area contributed by atoms with E-state index in [2.05, 4.69) is 10.6 Å². The molecule has 0 aliphatic carbocycles. The van der Waals surface area contributed by atoms with Crippen LogP contribution < -0.4 is 15.4 Å². The van der Waals surface area contributed by atoms with E-state index in [9.17, 15) is 18.4 Å². The number of carbonyl (C=O) groups is 2. The van der Waals surface area contributed by atoms with E-state index in [-0.39, 0.29) is 17.0 Å². The van der Waals surface area contributed by atoms with Crippen molar-refractivity contribution in [1.29, 1.82) is 0 Å². The number of benzene rings is 3. The third-order valence-corrected chi connectivity index (χ3v) is 4.32. The summed E-state index contributed by atoms with van der Waals surface area (Å²) >= 11 is 5.94. The number of hydrogen-bond acceptors (Lipinski definition) is 3. The van der Waals surface area contributed by atoms with Crippen LogP contribution in [0.4, 0.5) is 20.2 Å². The maximum Gasteiger partial charge on any atom is 0.261 e. The molecule has 0 atom stereocenters. The summed E-state index contributed by atoms with van der Waals surface area (Å²) < 4.78 is 33.3. The highest BCUT2D eigenvalue weighted by Gasteiger charge is 2.23. The summed E-state index contributed by atoms with van der Waals surface area (Å²) in [5.74, 6) is -2.76. The van der Waals surface area contributed by atoms with E-state index in [4.69, 9.17) is 16.3 Å². The summed E-state index contributed by atoms with van der Waals surface area (Å²) in [5.41, 5.74) is 0.00109. The lowest BCUT2D eigenvalue weighted by molar-refractivity contribution is 0.101. The molecule has 0 saturated carbocycles. The van der Waals surface area contributed by atoms with Crippen molar-refractivity contribution in [2.45, 2.75) is 0 Å². The largest absolute Gasteiger partial charge is 0.454 e. The van der Waals surface area contributed by atoms with E-state index in [1.165, 1.54) is 18.2 Å². The number of anilines is 2. The molecule has 0 radical (unpaired) electrons. The molecule has 0 unspecified atom stereocenters. The van der Waals surface area contributed by atoms with Crippen molar-refractivity contribution < 1.29 is 23.1 Å². The van der Waals surface area contributed by atoms with Crippen LogP contribution in [0.15, 0.2) is 54.6 Å². The SMILES string of the molecule is O=C1Nc2cc(Cl)ccc2Oc2ccc(NC(=O)c3c(F)cccc3F)cc21. The Bertz CT molecular complexity index is 1110. The lowest BCUT2D eigenvalue weighted by Crippen LogP contribution is -2.17. The van der Waals surface area contributed by atoms with E-state index in [1.807, 2.05) is 0 Å². The number of amides is 2. The monoisotopic (exact) mass is 400 g/mol. The summed E-state index contributed by atoms with van der Waals surface area (Å²) in [6, 6.07) is 12.2. The molecule has 4 rings (SSSR count). The van der Waals surface area contributed by atoms with Gasteiger partial charge in [-0.2, -0.15) is 0 Å². The first-order chi connectivity index (χ1) is 13.4. The van der Waals surface area contributed by atoms with Gasteiger partial charge in [-0.1, -0.05) is 17.7 Å². The van der Waals surface area contributed by atoms with E-state index in [1.54, 1.807) is 18.2 Å². The maximum absolute atomic E-state index is 13.8. The molecule has 3 aromatic carbocycles. The van der Waals surface area contributed by atoms with Crippen molar-refractivity contribution in [2.75, 3.05) is 10.6 Å². The van der Waals surface area contributed by atoms with E-state index >= 15 is 0 Å². The first-order valence-electron chi connectivity index (χ1n) is 8.10. The highest BCUT2D eigenvalue weighted by Crippen LogP contribution is 2.38. The van der Waals surface area contributed by atoms with Crippen LogP contribution in [0.1, 0.15) is 20.7 Å². The van der Waals surface area contributed by atoms with Crippen molar-refractivity contribution in [3.05, 3.63) is 82.4 Å². The highest BCUT2D eigenvalue weighted by atomic mass is 35.5. The Labute approximate surface area is 162 Å². The molecule has 2 amide bonds. The molecule has 3 aromatic rings. The third kappa shape index (κ3) is 3.27. The standard InChI is InChI=1S/C20H11ClF2N2O3/c21-10-4-6-17-15(8-10)25-19(26)12-9-11(5-7-16(12)28-17)24-20(27)18-13(22)2-1-3-14(18)23/h1-9H,(H,24,27)(H,25,26). The first kappa shape index (κ1) is 17.9. The molecule has 0 fully saturated rings. The van der Waals surface area contributed by atoms with Crippen LogP contribution in [0, 0.1) is 11.6 Å². The third-order valence-electron chi connectivity index (χ3n) is 4.08. The van der Waals surface area contributed by atoms with Gasteiger partial charge in [0.1, 0.15) is 22.9 Å². The minimum Gasteiger partial charge on any atom is -0.454 e. The molecule has 28 heavy (non-hydrogen) atoms.